The molecule has 220 valence electrons. The standard InChI is InChI=1S/C30H41N7O3S/c1-18(2)27(24-15-26(35(5)34-24)36-12-10-31-11-13-36)30(40)37-16-23(38)14-25(37)29(39)33-19(3)21-6-8-22(9-7-21)28-20(4)32-17-41-28/h6-9,15,17-19,23,25,27,31,38H,10-14,16H2,1-5H3,(H,33,39)/t19-,23+,25-,27-/m0/s1. The number of hydrogen-bond acceptors (Lipinski definition) is 8. The Balaban J connectivity index is 1.30. The van der Waals surface area contributed by atoms with Crippen LogP contribution in [0.15, 0.2) is 35.8 Å². The number of nitrogens with zero attached hydrogens (tertiary/aromatic N) is 5. The van der Waals surface area contributed by atoms with E-state index >= 15 is 0 Å². The van der Waals surface area contributed by atoms with E-state index in [0.29, 0.717) is 5.69 Å². The number of aliphatic hydroxyl groups is 1. The zero-order chi connectivity index (χ0) is 29.3. The molecule has 4 atom stereocenters. The summed E-state index contributed by atoms with van der Waals surface area (Å²) in [7, 11) is 1.91. The number of carbonyl (C=O) groups excluding carboxylic acids is 2. The predicted molar refractivity (Wildman–Crippen MR) is 161 cm³/mol. The minimum Gasteiger partial charge on any atom is -0.391 e. The molecule has 41 heavy (non-hydrogen) atoms. The van der Waals surface area contributed by atoms with Crippen molar-refractivity contribution in [2.45, 2.75) is 58.2 Å². The van der Waals surface area contributed by atoms with Crippen LogP contribution in [0.5, 0.6) is 0 Å². The summed E-state index contributed by atoms with van der Waals surface area (Å²) in [6, 6.07) is 9.12. The maximum absolute atomic E-state index is 14.0. The zero-order valence-corrected chi connectivity index (χ0v) is 25.3. The number of anilines is 1. The number of aliphatic hydroxyl groups excluding tert-OH is 1. The van der Waals surface area contributed by atoms with Gasteiger partial charge >= 0.3 is 0 Å². The number of amides is 2. The number of thiazole rings is 1. The topological polar surface area (TPSA) is 116 Å². The molecule has 0 unspecified atom stereocenters. The number of likely N-dealkylation sites (tertiary alicyclic amines) is 1. The summed E-state index contributed by atoms with van der Waals surface area (Å²) in [5, 5.41) is 21.8. The molecule has 5 rings (SSSR count). The average Bonchev–Trinajstić information content (AvgIpc) is 3.67. The van der Waals surface area contributed by atoms with E-state index in [4.69, 9.17) is 5.10 Å². The second-order valence-corrected chi connectivity index (χ2v) is 12.4. The lowest BCUT2D eigenvalue weighted by Gasteiger charge is -2.30. The highest BCUT2D eigenvalue weighted by Crippen LogP contribution is 2.33. The molecule has 4 heterocycles. The second kappa shape index (κ2) is 12.3. The van der Waals surface area contributed by atoms with Crippen molar-refractivity contribution in [3.8, 4) is 10.4 Å². The van der Waals surface area contributed by atoms with Gasteiger partial charge in [-0.1, -0.05) is 38.1 Å². The van der Waals surface area contributed by atoms with Gasteiger partial charge < -0.3 is 25.5 Å². The largest absolute Gasteiger partial charge is 0.391 e. The molecule has 2 aliphatic heterocycles. The number of carbonyl (C=O) groups is 2. The molecular weight excluding hydrogens is 538 g/mol. The number of aryl methyl sites for hydroxylation is 2. The van der Waals surface area contributed by atoms with Gasteiger partial charge in [-0.05, 0) is 30.9 Å². The van der Waals surface area contributed by atoms with Gasteiger partial charge in [-0.15, -0.1) is 11.3 Å². The molecule has 11 heteroatoms. The second-order valence-electron chi connectivity index (χ2n) is 11.5. The minimum absolute atomic E-state index is 0.0330. The van der Waals surface area contributed by atoms with E-state index in [1.165, 1.54) is 0 Å². The Morgan fingerprint density at radius 1 is 1.15 bits per heavy atom. The summed E-state index contributed by atoms with van der Waals surface area (Å²) in [6.07, 6.45) is -0.535. The Morgan fingerprint density at radius 3 is 2.49 bits per heavy atom. The van der Waals surface area contributed by atoms with Gasteiger partial charge in [0, 0.05) is 52.3 Å². The highest BCUT2D eigenvalue weighted by atomic mass is 32.1. The monoisotopic (exact) mass is 579 g/mol. The molecule has 3 N–H and O–H groups in total. The quantitative estimate of drug-likeness (QED) is 0.376. The van der Waals surface area contributed by atoms with Crippen LogP contribution in [-0.4, -0.2) is 81.5 Å². The molecule has 0 aliphatic carbocycles. The molecule has 0 radical (unpaired) electrons. The van der Waals surface area contributed by atoms with Crippen molar-refractivity contribution in [3.63, 3.8) is 0 Å². The first-order valence-corrected chi connectivity index (χ1v) is 15.3. The van der Waals surface area contributed by atoms with Gasteiger partial charge in [0.2, 0.25) is 11.8 Å². The van der Waals surface area contributed by atoms with Crippen LogP contribution in [0.3, 0.4) is 0 Å². The molecule has 10 nitrogen and oxygen atoms in total. The van der Waals surface area contributed by atoms with Crippen LogP contribution >= 0.6 is 11.3 Å². The van der Waals surface area contributed by atoms with E-state index < -0.39 is 18.1 Å². The van der Waals surface area contributed by atoms with E-state index in [1.54, 1.807) is 16.2 Å². The molecule has 3 aromatic rings. The highest BCUT2D eigenvalue weighted by Gasteiger charge is 2.43. The molecule has 2 aliphatic rings. The maximum Gasteiger partial charge on any atom is 0.243 e. The molecule has 1 aromatic carbocycles. The molecule has 2 saturated heterocycles. The third kappa shape index (κ3) is 6.17. The summed E-state index contributed by atoms with van der Waals surface area (Å²) in [4.78, 5) is 36.9. The van der Waals surface area contributed by atoms with Gasteiger partial charge in [-0.2, -0.15) is 5.10 Å². The molecule has 2 fully saturated rings. The third-order valence-electron chi connectivity index (χ3n) is 8.21. The fourth-order valence-corrected chi connectivity index (χ4v) is 6.77. The van der Waals surface area contributed by atoms with Gasteiger partial charge in [0.15, 0.2) is 0 Å². The van der Waals surface area contributed by atoms with E-state index in [9.17, 15) is 14.7 Å². The number of piperazine rings is 1. The summed E-state index contributed by atoms with van der Waals surface area (Å²) in [6.45, 7) is 11.6. The minimum atomic E-state index is -0.750. The Bertz CT molecular complexity index is 1360. The van der Waals surface area contributed by atoms with Crippen LogP contribution in [0.2, 0.25) is 0 Å². The smallest absolute Gasteiger partial charge is 0.243 e. The van der Waals surface area contributed by atoms with Crippen LogP contribution in [-0.2, 0) is 16.6 Å². The van der Waals surface area contributed by atoms with Crippen LogP contribution < -0.4 is 15.5 Å². The molecule has 0 saturated carbocycles. The summed E-state index contributed by atoms with van der Waals surface area (Å²) < 4.78 is 1.84. The third-order valence-corrected chi connectivity index (χ3v) is 9.19. The SMILES string of the molecule is Cc1ncsc1-c1ccc([C@H](C)NC(=O)[C@@H]2C[C@@H](O)CN2C(=O)[C@H](c2cc(N3CCNCC3)n(C)n2)C(C)C)cc1. The van der Waals surface area contributed by atoms with E-state index in [0.717, 1.165) is 53.7 Å². The van der Waals surface area contributed by atoms with Crippen molar-refractivity contribution in [1.29, 1.82) is 0 Å². The van der Waals surface area contributed by atoms with Gasteiger partial charge in [-0.25, -0.2) is 4.98 Å². The van der Waals surface area contributed by atoms with Crippen molar-refractivity contribution < 1.29 is 14.7 Å². The lowest BCUT2D eigenvalue weighted by atomic mass is 9.90. The molecule has 0 spiro atoms. The normalized spacial score (nSPS) is 20.9. The number of rotatable bonds is 8. The lowest BCUT2D eigenvalue weighted by molar-refractivity contribution is -0.140. The Labute approximate surface area is 245 Å². The lowest BCUT2D eigenvalue weighted by Crippen LogP contribution is -2.48. The van der Waals surface area contributed by atoms with Crippen LogP contribution in [0.4, 0.5) is 5.82 Å². The van der Waals surface area contributed by atoms with Gasteiger partial charge in [0.05, 0.1) is 39.8 Å². The van der Waals surface area contributed by atoms with E-state index in [1.807, 2.05) is 75.3 Å². The number of β-amino-alcohol motifs (C(OH)–C–C–N with tert-alkyl or cyclic N) is 1. The molecule has 2 aromatic heterocycles. The Kier molecular flexibility index (Phi) is 8.77. The highest BCUT2D eigenvalue weighted by molar-refractivity contribution is 7.13. The Morgan fingerprint density at radius 2 is 1.85 bits per heavy atom. The van der Waals surface area contributed by atoms with Crippen molar-refractivity contribution >= 4 is 29.0 Å². The summed E-state index contributed by atoms with van der Waals surface area (Å²) >= 11 is 1.61. The van der Waals surface area contributed by atoms with Crippen LogP contribution in [0, 0.1) is 12.8 Å². The molecule has 0 bridgehead atoms. The first-order chi connectivity index (χ1) is 19.6. The first kappa shape index (κ1) is 29.2. The van der Waals surface area contributed by atoms with Crippen molar-refractivity contribution in [2.24, 2.45) is 13.0 Å². The zero-order valence-electron chi connectivity index (χ0n) is 24.5. The van der Waals surface area contributed by atoms with Crippen molar-refractivity contribution in [1.82, 2.24) is 30.3 Å². The first-order valence-electron chi connectivity index (χ1n) is 14.4. The van der Waals surface area contributed by atoms with Gasteiger partial charge in [0.25, 0.3) is 0 Å². The van der Waals surface area contributed by atoms with E-state index in [2.05, 4.69) is 20.5 Å². The summed E-state index contributed by atoms with van der Waals surface area (Å²) in [5.74, 6) is 0.0161. The molecular formula is C30H41N7O3S. The fraction of sp³-hybridized carbons (Fsp3) is 0.533. The van der Waals surface area contributed by atoms with Gasteiger partial charge in [-0.3, -0.25) is 14.3 Å². The Hall–Kier alpha value is -3.28. The van der Waals surface area contributed by atoms with Gasteiger partial charge in [0.1, 0.15) is 11.9 Å². The van der Waals surface area contributed by atoms with Crippen LogP contribution in [0.1, 0.15) is 56.1 Å². The summed E-state index contributed by atoms with van der Waals surface area (Å²) in [5.41, 5.74) is 5.60. The van der Waals surface area contributed by atoms with Crippen molar-refractivity contribution in [2.75, 3.05) is 37.6 Å². The fourth-order valence-electron chi connectivity index (χ4n) is 5.95. The van der Waals surface area contributed by atoms with E-state index in [-0.39, 0.29) is 36.7 Å². The number of nitrogens with one attached hydrogen (secondary N) is 2. The van der Waals surface area contributed by atoms with Crippen molar-refractivity contribution in [3.05, 3.63) is 52.8 Å². The predicted octanol–water partition coefficient (Wildman–Crippen LogP) is 2.84. The average molecular weight is 580 g/mol. The number of aromatic nitrogens is 3. The molecule has 2 amide bonds. The maximum atomic E-state index is 14.0. The number of benzene rings is 1. The number of hydrogen-bond donors (Lipinski definition) is 3. The van der Waals surface area contributed by atoms with Crippen LogP contribution in [0.25, 0.3) is 10.4 Å².